The van der Waals surface area contributed by atoms with E-state index in [1.54, 1.807) is 12.1 Å². The van der Waals surface area contributed by atoms with Gasteiger partial charge in [-0.25, -0.2) is 4.39 Å². The van der Waals surface area contributed by atoms with E-state index in [0.29, 0.717) is 28.3 Å². The predicted molar refractivity (Wildman–Crippen MR) is 110 cm³/mol. The number of fused-ring (bicyclic) bond motifs is 1. The number of hydrogen-bond donors (Lipinski definition) is 5. The largest absolute Gasteiger partial charge is 0.394 e. The number of thiophene rings is 1. The molecule has 1 heterocycles. The van der Waals surface area contributed by atoms with Crippen molar-refractivity contribution < 1.29 is 24.5 Å². The average molecular weight is 506 g/mol. The summed E-state index contributed by atoms with van der Waals surface area (Å²) in [6, 6.07) is 4.75. The molecule has 0 fully saturated rings. The summed E-state index contributed by atoms with van der Waals surface area (Å²) < 4.78 is 15.0. The van der Waals surface area contributed by atoms with Crippen LogP contribution < -0.4 is 10.6 Å². The Kier molecular flexibility index (Phi) is 6.69. The molecule has 3 rings (SSSR count). The quantitative estimate of drug-likeness (QED) is 0.388. The number of nitrogens with one attached hydrogen (secondary N) is 2. The fourth-order valence-electron chi connectivity index (χ4n) is 3.01. The summed E-state index contributed by atoms with van der Waals surface area (Å²) in [5.41, 5.74) is 1.35. The van der Waals surface area contributed by atoms with Crippen LogP contribution in [-0.4, -0.2) is 40.5 Å². The van der Waals surface area contributed by atoms with E-state index in [4.69, 9.17) is 5.11 Å². The first kappa shape index (κ1) is 20.5. The highest BCUT2D eigenvalue weighted by atomic mass is 127. The molecule has 0 spiro atoms. The zero-order valence-corrected chi connectivity index (χ0v) is 17.3. The van der Waals surface area contributed by atoms with Gasteiger partial charge in [0.2, 0.25) is 0 Å². The van der Waals surface area contributed by atoms with Crippen LogP contribution in [0.25, 0.3) is 0 Å². The third-order valence-electron chi connectivity index (χ3n) is 4.36. The van der Waals surface area contributed by atoms with Gasteiger partial charge in [0.05, 0.1) is 30.1 Å². The van der Waals surface area contributed by atoms with Gasteiger partial charge in [0.25, 0.3) is 5.91 Å². The molecule has 6 nitrogen and oxygen atoms in total. The first-order valence-electron chi connectivity index (χ1n) is 8.53. The van der Waals surface area contributed by atoms with Gasteiger partial charge in [-0.15, -0.1) is 11.3 Å². The Morgan fingerprint density at radius 1 is 1.44 bits per heavy atom. The molecule has 1 aromatic carbocycles. The molecule has 2 aromatic rings. The molecule has 0 saturated carbocycles. The van der Waals surface area contributed by atoms with Crippen LogP contribution in [0.4, 0.5) is 15.1 Å². The SMILES string of the molecule is O=C(NC[C@H](O)CO)c1c(Nc2ccc(I)cc2F)sc2c1CCCC2O. The number of amides is 1. The van der Waals surface area contributed by atoms with Crippen LogP contribution in [0, 0.1) is 9.39 Å². The third-order valence-corrected chi connectivity index (χ3v) is 6.28. The maximum absolute atomic E-state index is 14.3. The molecular formula is C18H20FIN2O4S. The Morgan fingerprint density at radius 2 is 2.22 bits per heavy atom. The Bertz CT molecular complexity index is 845. The number of hydrogen-bond acceptors (Lipinski definition) is 6. The van der Waals surface area contributed by atoms with Gasteiger partial charge in [-0.1, -0.05) is 0 Å². The van der Waals surface area contributed by atoms with Crippen LogP contribution >= 0.6 is 33.9 Å². The molecule has 1 unspecified atom stereocenters. The number of aliphatic hydroxyl groups excluding tert-OH is 3. The molecule has 0 saturated heterocycles. The third kappa shape index (κ3) is 4.60. The van der Waals surface area contributed by atoms with Crippen molar-refractivity contribution in [2.75, 3.05) is 18.5 Å². The van der Waals surface area contributed by atoms with Crippen molar-refractivity contribution in [3.8, 4) is 0 Å². The zero-order valence-electron chi connectivity index (χ0n) is 14.3. The van der Waals surface area contributed by atoms with Gasteiger partial charge >= 0.3 is 0 Å². The second-order valence-electron chi connectivity index (χ2n) is 6.35. The standard InChI is InChI=1S/C18H20FIN2O4S/c19-12-6-9(20)4-5-13(12)22-18-15(17(26)21-7-10(24)8-23)11-2-1-3-14(25)16(11)27-18/h4-6,10,14,22-25H,1-3,7-8H2,(H,21,26)/t10-,14?/m0/s1. The number of halogens is 2. The normalized spacial score (nSPS) is 17.3. The van der Waals surface area contributed by atoms with Gasteiger partial charge in [-0.2, -0.15) is 0 Å². The highest BCUT2D eigenvalue weighted by Crippen LogP contribution is 2.43. The van der Waals surface area contributed by atoms with Crippen molar-refractivity contribution in [1.82, 2.24) is 5.32 Å². The maximum Gasteiger partial charge on any atom is 0.254 e. The van der Waals surface area contributed by atoms with Crippen molar-refractivity contribution in [2.45, 2.75) is 31.5 Å². The Balaban J connectivity index is 1.95. The molecule has 9 heteroatoms. The Labute approximate surface area is 173 Å². The van der Waals surface area contributed by atoms with Crippen molar-refractivity contribution >= 4 is 50.5 Å². The number of rotatable bonds is 6. The summed E-state index contributed by atoms with van der Waals surface area (Å²) in [6.07, 6.45) is 0.312. The number of benzene rings is 1. The fraction of sp³-hybridized carbons (Fsp3) is 0.389. The molecule has 1 amide bonds. The van der Waals surface area contributed by atoms with Crippen molar-refractivity contribution in [2.24, 2.45) is 0 Å². The van der Waals surface area contributed by atoms with Crippen molar-refractivity contribution in [1.29, 1.82) is 0 Å². The lowest BCUT2D eigenvalue weighted by molar-refractivity contribution is 0.0801. The molecule has 0 aliphatic heterocycles. The Hall–Kier alpha value is -1.27. The smallest absolute Gasteiger partial charge is 0.254 e. The summed E-state index contributed by atoms with van der Waals surface area (Å²) in [6.45, 7) is -0.556. The minimum Gasteiger partial charge on any atom is -0.394 e. The molecule has 2 atom stereocenters. The van der Waals surface area contributed by atoms with Crippen LogP contribution in [-0.2, 0) is 6.42 Å². The lowest BCUT2D eigenvalue weighted by atomic mass is 9.93. The second kappa shape index (κ2) is 8.82. The van der Waals surface area contributed by atoms with Crippen LogP contribution in [0.3, 0.4) is 0 Å². The molecule has 1 aliphatic carbocycles. The second-order valence-corrected chi connectivity index (χ2v) is 8.65. The van der Waals surface area contributed by atoms with Gasteiger partial charge in [0.1, 0.15) is 10.8 Å². The van der Waals surface area contributed by atoms with Crippen LogP contribution in [0.5, 0.6) is 0 Å². The highest BCUT2D eigenvalue weighted by molar-refractivity contribution is 14.1. The minimum absolute atomic E-state index is 0.0974. The van der Waals surface area contributed by atoms with Crippen molar-refractivity contribution in [3.05, 3.63) is 43.6 Å². The molecular weight excluding hydrogens is 486 g/mol. The van der Waals surface area contributed by atoms with E-state index in [0.717, 1.165) is 15.6 Å². The topological polar surface area (TPSA) is 102 Å². The van der Waals surface area contributed by atoms with Gasteiger partial charge in [-0.3, -0.25) is 4.79 Å². The number of anilines is 2. The lowest BCUT2D eigenvalue weighted by Gasteiger charge is -2.18. The van der Waals surface area contributed by atoms with Gasteiger partial charge < -0.3 is 26.0 Å². The summed E-state index contributed by atoms with van der Waals surface area (Å²) in [7, 11) is 0. The summed E-state index contributed by atoms with van der Waals surface area (Å²) >= 11 is 3.26. The van der Waals surface area contributed by atoms with Crippen LogP contribution in [0.15, 0.2) is 18.2 Å². The van der Waals surface area contributed by atoms with Crippen LogP contribution in [0.1, 0.15) is 39.7 Å². The lowest BCUT2D eigenvalue weighted by Crippen LogP contribution is -2.34. The summed E-state index contributed by atoms with van der Waals surface area (Å²) in [5, 5.41) is 34.7. The minimum atomic E-state index is -1.06. The van der Waals surface area contributed by atoms with Crippen molar-refractivity contribution in [3.63, 3.8) is 0 Å². The van der Waals surface area contributed by atoms with E-state index < -0.39 is 30.5 Å². The summed E-state index contributed by atoms with van der Waals surface area (Å²) in [4.78, 5) is 13.5. The van der Waals surface area contributed by atoms with Gasteiger partial charge in [-0.05, 0) is 65.6 Å². The monoisotopic (exact) mass is 506 g/mol. The van der Waals surface area contributed by atoms with E-state index in [1.807, 2.05) is 22.6 Å². The fourth-order valence-corrected chi connectivity index (χ4v) is 4.74. The van der Waals surface area contributed by atoms with Gasteiger partial charge in [0, 0.05) is 15.0 Å². The number of aliphatic hydroxyl groups is 3. The first-order valence-corrected chi connectivity index (χ1v) is 10.4. The molecule has 1 aromatic heterocycles. The highest BCUT2D eigenvalue weighted by Gasteiger charge is 2.30. The van der Waals surface area contributed by atoms with E-state index in [-0.39, 0.29) is 12.2 Å². The van der Waals surface area contributed by atoms with E-state index >= 15 is 0 Å². The van der Waals surface area contributed by atoms with Gasteiger partial charge in [0.15, 0.2) is 0 Å². The molecule has 0 radical (unpaired) electrons. The van der Waals surface area contributed by atoms with E-state index in [1.165, 1.54) is 17.4 Å². The summed E-state index contributed by atoms with van der Waals surface area (Å²) in [5.74, 6) is -0.863. The van der Waals surface area contributed by atoms with E-state index in [9.17, 15) is 19.4 Å². The molecule has 146 valence electrons. The number of carbonyl (C=O) groups is 1. The Morgan fingerprint density at radius 3 is 2.93 bits per heavy atom. The molecule has 5 N–H and O–H groups in total. The molecule has 1 aliphatic rings. The molecule has 0 bridgehead atoms. The molecule has 27 heavy (non-hydrogen) atoms. The first-order chi connectivity index (χ1) is 12.9. The predicted octanol–water partition coefficient (Wildman–Crippen LogP) is 2.69. The van der Waals surface area contributed by atoms with Crippen LogP contribution in [0.2, 0.25) is 0 Å². The zero-order chi connectivity index (χ0) is 19.6. The number of carbonyl (C=O) groups excluding carboxylic acids is 1. The average Bonchev–Trinajstić information content (AvgIpc) is 3.01. The van der Waals surface area contributed by atoms with E-state index in [2.05, 4.69) is 10.6 Å². The maximum atomic E-state index is 14.3.